The minimum absolute atomic E-state index is 0.0936. The van der Waals surface area contributed by atoms with Crippen molar-refractivity contribution in [1.82, 2.24) is 19.9 Å². The van der Waals surface area contributed by atoms with Gasteiger partial charge in [-0.05, 0) is 25.1 Å². The third kappa shape index (κ3) is 2.30. The zero-order valence-electron chi connectivity index (χ0n) is 12.9. The van der Waals surface area contributed by atoms with Crippen molar-refractivity contribution in [2.75, 3.05) is 19.6 Å². The molecule has 1 fully saturated rings. The molecule has 4 heterocycles. The highest BCUT2D eigenvalue weighted by Gasteiger charge is 2.25. The largest absolute Gasteiger partial charge is 0.485 e. The van der Waals surface area contributed by atoms with Crippen molar-refractivity contribution in [3.05, 3.63) is 30.2 Å². The van der Waals surface area contributed by atoms with Crippen molar-refractivity contribution in [2.24, 2.45) is 0 Å². The van der Waals surface area contributed by atoms with E-state index in [0.29, 0.717) is 11.4 Å². The van der Waals surface area contributed by atoms with Crippen LogP contribution in [0.5, 0.6) is 5.75 Å². The normalized spacial score (nSPS) is 18.5. The molecule has 0 amide bonds. The van der Waals surface area contributed by atoms with Gasteiger partial charge in [0.25, 0.3) is 0 Å². The number of nitrogens with zero attached hydrogens (tertiary/aromatic N) is 4. The molecular formula is C17H17N5O. The van der Waals surface area contributed by atoms with E-state index < -0.39 is 0 Å². The van der Waals surface area contributed by atoms with Gasteiger partial charge in [0.1, 0.15) is 17.8 Å². The highest BCUT2D eigenvalue weighted by molar-refractivity contribution is 6.09. The maximum Gasteiger partial charge on any atom is 0.183 e. The number of fused-ring (bicyclic) bond motifs is 3. The molecule has 0 aliphatic carbocycles. The number of pyridine rings is 2. The van der Waals surface area contributed by atoms with Crippen LogP contribution in [0.4, 0.5) is 0 Å². The van der Waals surface area contributed by atoms with Crippen LogP contribution in [0.3, 0.4) is 0 Å². The first kappa shape index (κ1) is 14.0. The van der Waals surface area contributed by atoms with Crippen LogP contribution in [0, 0.1) is 11.3 Å². The van der Waals surface area contributed by atoms with Crippen LogP contribution in [0.2, 0.25) is 0 Å². The fourth-order valence-electron chi connectivity index (χ4n) is 3.23. The molecule has 0 spiro atoms. The molecule has 3 aromatic heterocycles. The van der Waals surface area contributed by atoms with Crippen molar-refractivity contribution in [3.8, 4) is 11.8 Å². The second-order valence-corrected chi connectivity index (χ2v) is 5.78. The highest BCUT2D eigenvalue weighted by Crippen LogP contribution is 2.35. The van der Waals surface area contributed by atoms with Crippen molar-refractivity contribution in [3.63, 3.8) is 0 Å². The molecule has 1 aliphatic heterocycles. The van der Waals surface area contributed by atoms with Crippen LogP contribution < -0.4 is 4.74 Å². The van der Waals surface area contributed by atoms with Gasteiger partial charge in [0.15, 0.2) is 11.4 Å². The lowest BCUT2D eigenvalue weighted by molar-refractivity contribution is 0.204. The molecule has 1 aliphatic rings. The monoisotopic (exact) mass is 307 g/mol. The van der Waals surface area contributed by atoms with Crippen molar-refractivity contribution in [1.29, 1.82) is 5.26 Å². The summed E-state index contributed by atoms with van der Waals surface area (Å²) in [6.45, 7) is 5.08. The average molecular weight is 307 g/mol. The zero-order valence-corrected chi connectivity index (χ0v) is 12.9. The summed E-state index contributed by atoms with van der Waals surface area (Å²) in [5.41, 5.74) is 1.96. The minimum Gasteiger partial charge on any atom is -0.485 e. The molecule has 23 heavy (non-hydrogen) atoms. The van der Waals surface area contributed by atoms with Crippen LogP contribution in [-0.4, -0.2) is 45.6 Å². The Morgan fingerprint density at radius 3 is 3.17 bits per heavy atom. The summed E-state index contributed by atoms with van der Waals surface area (Å²) >= 11 is 0. The molecule has 6 nitrogen and oxygen atoms in total. The van der Waals surface area contributed by atoms with Gasteiger partial charge in [-0.25, -0.2) is 9.97 Å². The van der Waals surface area contributed by atoms with Crippen molar-refractivity contribution in [2.45, 2.75) is 19.4 Å². The molecule has 116 valence electrons. The van der Waals surface area contributed by atoms with Gasteiger partial charge < -0.3 is 9.72 Å². The number of likely N-dealkylation sites (tertiary alicyclic amines) is 1. The number of nitriles is 1. The molecule has 4 rings (SSSR count). The number of nitrogens with one attached hydrogen (secondary N) is 1. The van der Waals surface area contributed by atoms with Gasteiger partial charge in [-0.2, -0.15) is 5.26 Å². The summed E-state index contributed by atoms with van der Waals surface area (Å²) in [6.07, 6.45) is 4.48. The first-order valence-corrected chi connectivity index (χ1v) is 7.84. The average Bonchev–Trinajstić information content (AvgIpc) is 3.19. The van der Waals surface area contributed by atoms with E-state index in [1.54, 1.807) is 12.4 Å². The number of likely N-dealkylation sites (N-methyl/N-ethyl adjacent to an activating group) is 1. The van der Waals surface area contributed by atoms with Gasteiger partial charge in [0, 0.05) is 24.7 Å². The number of ether oxygens (including phenoxy) is 1. The van der Waals surface area contributed by atoms with Crippen LogP contribution >= 0.6 is 0 Å². The summed E-state index contributed by atoms with van der Waals surface area (Å²) in [6, 6.07) is 6.03. The Balaban J connectivity index is 1.84. The van der Waals surface area contributed by atoms with Crippen LogP contribution in [0.1, 0.15) is 19.0 Å². The molecule has 0 unspecified atom stereocenters. The topological polar surface area (TPSA) is 77.8 Å². The number of hydrogen-bond donors (Lipinski definition) is 1. The van der Waals surface area contributed by atoms with E-state index in [1.807, 2.05) is 12.1 Å². The second-order valence-electron chi connectivity index (χ2n) is 5.78. The molecule has 1 N–H and O–H groups in total. The minimum atomic E-state index is 0.0936. The Bertz CT molecular complexity index is 910. The van der Waals surface area contributed by atoms with E-state index in [1.165, 1.54) is 0 Å². The summed E-state index contributed by atoms with van der Waals surface area (Å²) < 4.78 is 6.23. The first-order chi connectivity index (χ1) is 11.3. The third-order valence-electron chi connectivity index (χ3n) is 4.43. The van der Waals surface area contributed by atoms with E-state index in [9.17, 15) is 5.26 Å². The van der Waals surface area contributed by atoms with Gasteiger partial charge in [0.2, 0.25) is 0 Å². The first-order valence-electron chi connectivity index (χ1n) is 7.84. The van der Waals surface area contributed by atoms with E-state index in [0.717, 1.165) is 48.0 Å². The van der Waals surface area contributed by atoms with E-state index in [-0.39, 0.29) is 6.10 Å². The molecule has 3 aromatic rings. The molecule has 0 aromatic carbocycles. The number of hydrogen-bond acceptors (Lipinski definition) is 5. The molecule has 0 saturated carbocycles. The van der Waals surface area contributed by atoms with E-state index in [4.69, 9.17) is 4.74 Å². The van der Waals surface area contributed by atoms with Gasteiger partial charge in [-0.15, -0.1) is 0 Å². The van der Waals surface area contributed by atoms with Gasteiger partial charge in [-0.1, -0.05) is 6.92 Å². The van der Waals surface area contributed by atoms with Gasteiger partial charge in [0.05, 0.1) is 17.1 Å². The van der Waals surface area contributed by atoms with Crippen LogP contribution in [-0.2, 0) is 0 Å². The van der Waals surface area contributed by atoms with E-state index >= 15 is 0 Å². The maximum atomic E-state index is 9.43. The predicted octanol–water partition coefficient (Wildman–Crippen LogP) is 2.46. The molecule has 6 heteroatoms. The molecule has 1 atom stereocenters. The van der Waals surface area contributed by atoms with E-state index in [2.05, 4.69) is 32.8 Å². The molecule has 0 bridgehead atoms. The fraction of sp³-hybridized carbons (Fsp3) is 0.353. The number of aromatic amines is 1. The Hall–Kier alpha value is -2.65. The third-order valence-corrected chi connectivity index (χ3v) is 4.43. The smallest absolute Gasteiger partial charge is 0.183 e. The lowest BCUT2D eigenvalue weighted by Gasteiger charge is -2.16. The fourth-order valence-corrected chi connectivity index (χ4v) is 3.23. The van der Waals surface area contributed by atoms with Gasteiger partial charge >= 0.3 is 0 Å². The Kier molecular flexibility index (Phi) is 3.36. The Morgan fingerprint density at radius 2 is 2.39 bits per heavy atom. The van der Waals surface area contributed by atoms with Crippen molar-refractivity contribution >= 4 is 21.9 Å². The Labute approximate surface area is 133 Å². The summed E-state index contributed by atoms with van der Waals surface area (Å²) in [4.78, 5) is 14.2. The van der Waals surface area contributed by atoms with Crippen LogP contribution in [0.15, 0.2) is 24.5 Å². The molecular weight excluding hydrogens is 290 g/mol. The highest BCUT2D eigenvalue weighted by atomic mass is 16.5. The number of aromatic nitrogens is 3. The number of rotatable bonds is 3. The maximum absolute atomic E-state index is 9.43. The standard InChI is InChI=1S/C17H17N5O/c1-2-22-7-5-11(10-22)23-16-13(8-18)20-9-14-15(16)12-4-3-6-19-17(12)21-14/h3-4,6,9,11H,2,5,7,10H2,1H3,(H,19,21)/t11-/m0/s1. The van der Waals surface area contributed by atoms with Gasteiger partial charge in [-0.3, -0.25) is 4.90 Å². The lowest BCUT2D eigenvalue weighted by atomic mass is 10.1. The summed E-state index contributed by atoms with van der Waals surface area (Å²) in [7, 11) is 0. The van der Waals surface area contributed by atoms with Crippen molar-refractivity contribution < 1.29 is 4.74 Å². The zero-order chi connectivity index (χ0) is 15.8. The molecule has 1 saturated heterocycles. The quantitative estimate of drug-likeness (QED) is 0.804. The Morgan fingerprint density at radius 1 is 1.48 bits per heavy atom. The SMILES string of the molecule is CCN1CC[C@H](Oc2c(C#N)ncc3[nH]c4ncccc4c23)C1. The number of H-pyrrole nitrogens is 1. The second kappa shape index (κ2) is 5.52. The predicted molar refractivity (Wildman–Crippen MR) is 87.3 cm³/mol. The molecule has 0 radical (unpaired) electrons. The van der Waals surface area contributed by atoms with Crippen LogP contribution in [0.25, 0.3) is 21.9 Å². The summed E-state index contributed by atoms with van der Waals surface area (Å²) in [5, 5.41) is 11.3. The summed E-state index contributed by atoms with van der Waals surface area (Å²) in [5.74, 6) is 0.576. The lowest BCUT2D eigenvalue weighted by Crippen LogP contribution is -2.24.